The van der Waals surface area contributed by atoms with E-state index in [2.05, 4.69) is 15.5 Å². The van der Waals surface area contributed by atoms with Gasteiger partial charge in [-0.05, 0) is 41.8 Å². The Labute approximate surface area is 181 Å². The number of benzene rings is 2. The fraction of sp³-hybridized carbons (Fsp3) is 0. The number of amides is 1. The molecule has 0 fully saturated rings. The third-order valence-electron chi connectivity index (χ3n) is 4.83. The van der Waals surface area contributed by atoms with E-state index < -0.39 is 0 Å². The number of aromatic nitrogens is 3. The van der Waals surface area contributed by atoms with Crippen LogP contribution in [0.1, 0.15) is 10.4 Å². The summed E-state index contributed by atoms with van der Waals surface area (Å²) in [4.78, 5) is 30.2. The van der Waals surface area contributed by atoms with Crippen molar-refractivity contribution in [3.63, 3.8) is 0 Å². The molecule has 5 aromatic rings. The minimum atomic E-state index is -0.265. The zero-order valence-electron chi connectivity index (χ0n) is 16.2. The summed E-state index contributed by atoms with van der Waals surface area (Å²) in [6, 6.07) is 23.8. The molecular formula is C24H16N4O2S. The number of H-pyrrole nitrogens is 1. The van der Waals surface area contributed by atoms with E-state index in [0.29, 0.717) is 16.9 Å². The summed E-state index contributed by atoms with van der Waals surface area (Å²) in [5.41, 5.74) is 3.86. The molecule has 0 aliphatic rings. The second kappa shape index (κ2) is 7.97. The number of hydrogen-bond donors (Lipinski definition) is 2. The summed E-state index contributed by atoms with van der Waals surface area (Å²) in [5.74, 6) is -0.219. The first-order valence-corrected chi connectivity index (χ1v) is 10.5. The first kappa shape index (κ1) is 18.9. The van der Waals surface area contributed by atoms with Gasteiger partial charge in [0, 0.05) is 22.7 Å². The molecule has 6 nitrogen and oxygen atoms in total. The molecule has 3 heterocycles. The van der Waals surface area contributed by atoms with Gasteiger partial charge >= 0.3 is 0 Å². The SMILES string of the molecule is O=C(Nc1cccc(-c2ccc(=O)[nH]n2)c1)c1cc(-c2cccs2)nc2ccccc12. The molecule has 3 aromatic heterocycles. The molecule has 0 aliphatic heterocycles. The van der Waals surface area contributed by atoms with E-state index in [-0.39, 0.29) is 11.5 Å². The molecule has 0 saturated heterocycles. The lowest BCUT2D eigenvalue weighted by molar-refractivity contribution is 0.102. The number of pyridine rings is 1. The van der Waals surface area contributed by atoms with Crippen molar-refractivity contribution >= 4 is 33.8 Å². The quantitative estimate of drug-likeness (QED) is 0.427. The van der Waals surface area contributed by atoms with E-state index in [0.717, 1.165) is 27.0 Å². The number of anilines is 1. The van der Waals surface area contributed by atoms with Crippen molar-refractivity contribution in [2.75, 3.05) is 5.32 Å². The third-order valence-corrected chi connectivity index (χ3v) is 5.72. The Kier molecular flexibility index (Phi) is 4.86. The molecule has 0 saturated carbocycles. The minimum absolute atomic E-state index is 0.219. The lowest BCUT2D eigenvalue weighted by Gasteiger charge is -2.11. The average Bonchev–Trinajstić information content (AvgIpc) is 3.34. The van der Waals surface area contributed by atoms with Crippen molar-refractivity contribution in [2.45, 2.75) is 0 Å². The maximum absolute atomic E-state index is 13.2. The lowest BCUT2D eigenvalue weighted by Crippen LogP contribution is -2.13. The molecule has 7 heteroatoms. The van der Waals surface area contributed by atoms with Crippen LogP contribution < -0.4 is 10.9 Å². The Morgan fingerprint density at radius 3 is 2.61 bits per heavy atom. The summed E-state index contributed by atoms with van der Waals surface area (Å²) in [5, 5.41) is 12.2. The van der Waals surface area contributed by atoms with Gasteiger partial charge in [0.2, 0.25) is 0 Å². The van der Waals surface area contributed by atoms with Gasteiger partial charge in [0.05, 0.1) is 27.3 Å². The van der Waals surface area contributed by atoms with Gasteiger partial charge in [-0.1, -0.05) is 36.4 Å². The average molecular weight is 424 g/mol. The Bertz CT molecular complexity index is 1440. The van der Waals surface area contributed by atoms with Crippen molar-refractivity contribution in [3.05, 3.63) is 100 Å². The molecule has 5 rings (SSSR count). The van der Waals surface area contributed by atoms with Crippen LogP contribution in [0.15, 0.2) is 89.0 Å². The van der Waals surface area contributed by atoms with Crippen LogP contribution in [0.5, 0.6) is 0 Å². The van der Waals surface area contributed by atoms with Gasteiger partial charge in [0.25, 0.3) is 11.5 Å². The van der Waals surface area contributed by atoms with Crippen LogP contribution in [0.4, 0.5) is 5.69 Å². The van der Waals surface area contributed by atoms with Gasteiger partial charge in [0.1, 0.15) is 0 Å². The number of thiophene rings is 1. The van der Waals surface area contributed by atoms with Crippen LogP contribution in [0.3, 0.4) is 0 Å². The topological polar surface area (TPSA) is 87.7 Å². The number of nitrogens with zero attached hydrogens (tertiary/aromatic N) is 2. The maximum atomic E-state index is 13.2. The molecule has 0 bridgehead atoms. The van der Waals surface area contributed by atoms with Crippen LogP contribution in [0.25, 0.3) is 32.7 Å². The smallest absolute Gasteiger partial charge is 0.264 e. The second-order valence-corrected chi connectivity index (χ2v) is 7.84. The van der Waals surface area contributed by atoms with Gasteiger partial charge < -0.3 is 5.32 Å². The summed E-state index contributed by atoms with van der Waals surface area (Å²) < 4.78 is 0. The monoisotopic (exact) mass is 424 g/mol. The van der Waals surface area contributed by atoms with E-state index in [1.165, 1.54) is 6.07 Å². The van der Waals surface area contributed by atoms with E-state index in [1.807, 2.05) is 72.1 Å². The summed E-state index contributed by atoms with van der Waals surface area (Å²) >= 11 is 1.58. The van der Waals surface area contributed by atoms with Crippen molar-refractivity contribution in [1.29, 1.82) is 0 Å². The Hall–Kier alpha value is -4.10. The van der Waals surface area contributed by atoms with Gasteiger partial charge in [-0.3, -0.25) is 9.59 Å². The number of carbonyl (C=O) groups excluding carboxylic acids is 1. The number of para-hydroxylation sites is 1. The molecule has 0 spiro atoms. The Morgan fingerprint density at radius 1 is 0.903 bits per heavy atom. The number of fused-ring (bicyclic) bond motifs is 1. The zero-order valence-corrected chi connectivity index (χ0v) is 17.0. The Balaban J connectivity index is 1.52. The number of carbonyl (C=O) groups is 1. The highest BCUT2D eigenvalue weighted by Gasteiger charge is 2.15. The van der Waals surface area contributed by atoms with Gasteiger partial charge in [-0.2, -0.15) is 5.10 Å². The van der Waals surface area contributed by atoms with E-state index in [9.17, 15) is 9.59 Å². The predicted octanol–water partition coefficient (Wildman–Crippen LogP) is 4.97. The zero-order chi connectivity index (χ0) is 21.2. The summed E-state index contributed by atoms with van der Waals surface area (Å²) in [6.07, 6.45) is 0. The minimum Gasteiger partial charge on any atom is -0.322 e. The molecule has 0 unspecified atom stereocenters. The van der Waals surface area contributed by atoms with Crippen LogP contribution in [-0.2, 0) is 0 Å². The van der Waals surface area contributed by atoms with Crippen molar-refractivity contribution in [2.24, 2.45) is 0 Å². The van der Waals surface area contributed by atoms with Crippen LogP contribution in [0.2, 0.25) is 0 Å². The lowest BCUT2D eigenvalue weighted by atomic mass is 10.1. The molecule has 1 amide bonds. The summed E-state index contributed by atoms with van der Waals surface area (Å²) in [6.45, 7) is 0. The highest BCUT2D eigenvalue weighted by molar-refractivity contribution is 7.13. The number of hydrogen-bond acceptors (Lipinski definition) is 5. The molecule has 2 aromatic carbocycles. The first-order chi connectivity index (χ1) is 15.2. The normalized spacial score (nSPS) is 10.8. The molecule has 2 N–H and O–H groups in total. The third kappa shape index (κ3) is 3.86. The molecule has 150 valence electrons. The fourth-order valence-electron chi connectivity index (χ4n) is 3.37. The highest BCUT2D eigenvalue weighted by Crippen LogP contribution is 2.28. The second-order valence-electron chi connectivity index (χ2n) is 6.89. The van der Waals surface area contributed by atoms with Crippen LogP contribution in [-0.4, -0.2) is 21.1 Å². The molecule has 0 aliphatic carbocycles. The van der Waals surface area contributed by atoms with E-state index in [4.69, 9.17) is 4.98 Å². The summed E-state index contributed by atoms with van der Waals surface area (Å²) in [7, 11) is 0. The van der Waals surface area contributed by atoms with Gasteiger partial charge in [-0.15, -0.1) is 11.3 Å². The number of aromatic amines is 1. The number of rotatable bonds is 4. The molecule has 0 atom stereocenters. The van der Waals surface area contributed by atoms with E-state index >= 15 is 0 Å². The number of nitrogens with one attached hydrogen (secondary N) is 2. The predicted molar refractivity (Wildman–Crippen MR) is 123 cm³/mol. The van der Waals surface area contributed by atoms with Crippen molar-refractivity contribution < 1.29 is 4.79 Å². The standard InChI is InChI=1S/C24H16N4O2S/c29-23-11-10-19(27-28-23)15-5-3-6-16(13-15)25-24(30)18-14-21(22-9-4-12-31-22)26-20-8-2-1-7-17(18)20/h1-14H,(H,25,30)(H,28,29). The molecular weight excluding hydrogens is 408 g/mol. The van der Waals surface area contributed by atoms with Crippen molar-refractivity contribution in [1.82, 2.24) is 15.2 Å². The van der Waals surface area contributed by atoms with Crippen molar-refractivity contribution in [3.8, 4) is 21.8 Å². The van der Waals surface area contributed by atoms with Gasteiger partial charge in [-0.25, -0.2) is 10.1 Å². The van der Waals surface area contributed by atoms with Crippen LogP contribution >= 0.6 is 11.3 Å². The Morgan fingerprint density at radius 2 is 1.81 bits per heavy atom. The fourth-order valence-corrected chi connectivity index (χ4v) is 4.06. The van der Waals surface area contributed by atoms with Gasteiger partial charge in [0.15, 0.2) is 0 Å². The van der Waals surface area contributed by atoms with E-state index in [1.54, 1.807) is 17.4 Å². The van der Waals surface area contributed by atoms with Crippen LogP contribution in [0, 0.1) is 0 Å². The first-order valence-electron chi connectivity index (χ1n) is 9.58. The highest BCUT2D eigenvalue weighted by atomic mass is 32.1. The molecule has 31 heavy (non-hydrogen) atoms. The largest absolute Gasteiger partial charge is 0.322 e. The maximum Gasteiger partial charge on any atom is 0.264 e. The molecule has 0 radical (unpaired) electrons.